The highest BCUT2D eigenvalue weighted by Gasteiger charge is 2.09. The molecule has 0 aliphatic rings. The number of aryl methyl sites for hydroxylation is 1. The smallest absolute Gasteiger partial charge is 0.337 e. The quantitative estimate of drug-likeness (QED) is 0.186. The maximum absolute atomic E-state index is 12.3. The van der Waals surface area contributed by atoms with Crippen molar-refractivity contribution in [1.82, 2.24) is 4.98 Å². The van der Waals surface area contributed by atoms with Gasteiger partial charge in [-0.05, 0) is 30.4 Å². The van der Waals surface area contributed by atoms with E-state index in [-0.39, 0.29) is 11.9 Å². The highest BCUT2D eigenvalue weighted by Crippen LogP contribution is 2.23. The molecule has 0 saturated heterocycles. The number of carbonyl (C=O) groups is 1. The van der Waals surface area contributed by atoms with Gasteiger partial charge >= 0.3 is 5.97 Å². The third-order valence-corrected chi connectivity index (χ3v) is 5.38. The molecule has 1 aromatic carbocycles. The number of pyridine rings is 1. The van der Waals surface area contributed by atoms with Crippen LogP contribution < -0.4 is 4.74 Å². The van der Waals surface area contributed by atoms with Gasteiger partial charge in [-0.3, -0.25) is 0 Å². The van der Waals surface area contributed by atoms with E-state index in [0.717, 1.165) is 25.7 Å². The lowest BCUT2D eigenvalue weighted by atomic mass is 9.93. The first-order valence-corrected chi connectivity index (χ1v) is 11.6. The topological polar surface area (TPSA) is 39.2 Å². The Bertz CT molecular complexity index is 737. The van der Waals surface area contributed by atoms with Gasteiger partial charge in [-0.2, -0.15) is 0 Å². The zero-order chi connectivity index (χ0) is 21.4. The Morgan fingerprint density at radius 2 is 1.67 bits per heavy atom. The molecule has 30 heavy (non-hydrogen) atoms. The lowest BCUT2D eigenvalue weighted by Gasteiger charge is -2.12. The van der Waals surface area contributed by atoms with E-state index in [0.29, 0.717) is 5.88 Å². The number of carbonyl (C=O) groups excluding carboxylic acids is 1. The fourth-order valence-corrected chi connectivity index (χ4v) is 3.56. The van der Waals surface area contributed by atoms with Crippen LogP contribution in [0.2, 0.25) is 0 Å². The molecule has 0 amide bonds. The van der Waals surface area contributed by atoms with Crippen molar-refractivity contribution in [3.05, 3.63) is 71.9 Å². The molecule has 0 saturated carbocycles. The summed E-state index contributed by atoms with van der Waals surface area (Å²) in [5, 5.41) is 0. The van der Waals surface area contributed by atoms with Gasteiger partial charge < -0.3 is 4.74 Å². The molecule has 0 spiro atoms. The van der Waals surface area contributed by atoms with Crippen LogP contribution in [0.15, 0.2) is 60.8 Å². The SMILES string of the molecule is CCCCCCCCc1ccc(OC(=O)/C=C/C(CCCC)c2ccccc2)nc1. The van der Waals surface area contributed by atoms with E-state index in [1.807, 2.05) is 36.5 Å². The first-order valence-electron chi connectivity index (χ1n) is 11.6. The Balaban J connectivity index is 1.81. The fourth-order valence-electron chi connectivity index (χ4n) is 3.56. The van der Waals surface area contributed by atoms with Gasteiger partial charge in [-0.1, -0.05) is 101 Å². The molecule has 1 heterocycles. The summed E-state index contributed by atoms with van der Waals surface area (Å²) < 4.78 is 5.39. The number of ether oxygens (including phenoxy) is 1. The summed E-state index contributed by atoms with van der Waals surface area (Å²) in [6, 6.07) is 14.1. The molecule has 0 radical (unpaired) electrons. The van der Waals surface area contributed by atoms with Crippen molar-refractivity contribution in [2.75, 3.05) is 0 Å². The lowest BCUT2D eigenvalue weighted by molar-refractivity contribution is -0.129. The summed E-state index contributed by atoms with van der Waals surface area (Å²) in [6.07, 6.45) is 17.4. The van der Waals surface area contributed by atoms with Gasteiger partial charge in [-0.25, -0.2) is 9.78 Å². The molecule has 0 fully saturated rings. The Hall–Kier alpha value is -2.42. The van der Waals surface area contributed by atoms with Crippen LogP contribution in [0, 0.1) is 0 Å². The number of benzene rings is 1. The summed E-state index contributed by atoms with van der Waals surface area (Å²) in [4.78, 5) is 16.6. The van der Waals surface area contributed by atoms with Gasteiger partial charge in [0.05, 0.1) is 0 Å². The molecular formula is C27H37NO2. The van der Waals surface area contributed by atoms with Crippen molar-refractivity contribution in [2.45, 2.75) is 84.0 Å². The highest BCUT2D eigenvalue weighted by atomic mass is 16.5. The van der Waals surface area contributed by atoms with Gasteiger partial charge in [0.25, 0.3) is 0 Å². The van der Waals surface area contributed by atoms with Crippen LogP contribution >= 0.6 is 0 Å². The summed E-state index contributed by atoms with van der Waals surface area (Å²) in [5.41, 5.74) is 2.43. The summed E-state index contributed by atoms with van der Waals surface area (Å²) in [5.74, 6) is 0.219. The minimum absolute atomic E-state index is 0.228. The Morgan fingerprint density at radius 3 is 2.37 bits per heavy atom. The monoisotopic (exact) mass is 407 g/mol. The van der Waals surface area contributed by atoms with Crippen LogP contribution in [-0.2, 0) is 11.2 Å². The predicted molar refractivity (Wildman–Crippen MR) is 125 cm³/mol. The number of hydrogen-bond acceptors (Lipinski definition) is 3. The minimum Gasteiger partial charge on any atom is -0.404 e. The van der Waals surface area contributed by atoms with Crippen molar-refractivity contribution >= 4 is 5.97 Å². The molecule has 3 nitrogen and oxygen atoms in total. The molecule has 0 aliphatic heterocycles. The Labute approximate surface area is 182 Å². The molecule has 2 rings (SSSR count). The number of rotatable bonds is 14. The average Bonchev–Trinajstić information content (AvgIpc) is 2.78. The zero-order valence-corrected chi connectivity index (χ0v) is 18.7. The third kappa shape index (κ3) is 9.39. The standard InChI is InChI=1S/C27H37NO2/c1-3-5-7-8-9-11-14-23-18-20-26(28-22-23)30-27(29)21-19-25(15-6-4-2)24-16-12-10-13-17-24/h10,12-13,16-22,25H,3-9,11,14-15H2,1-2H3/b21-19+. The highest BCUT2D eigenvalue weighted by molar-refractivity contribution is 5.83. The van der Waals surface area contributed by atoms with Gasteiger partial charge in [0.2, 0.25) is 5.88 Å². The Kier molecular flexibility index (Phi) is 11.6. The molecule has 0 bridgehead atoms. The van der Waals surface area contributed by atoms with Gasteiger partial charge in [-0.15, -0.1) is 0 Å². The van der Waals surface area contributed by atoms with E-state index < -0.39 is 0 Å². The van der Waals surface area contributed by atoms with Gasteiger partial charge in [0.1, 0.15) is 0 Å². The first kappa shape index (κ1) is 23.9. The van der Waals surface area contributed by atoms with E-state index in [9.17, 15) is 4.79 Å². The fraction of sp³-hybridized carbons (Fsp3) is 0.481. The molecule has 1 unspecified atom stereocenters. The zero-order valence-electron chi connectivity index (χ0n) is 18.7. The number of nitrogens with zero attached hydrogens (tertiary/aromatic N) is 1. The number of allylic oxidation sites excluding steroid dienone is 1. The number of hydrogen-bond donors (Lipinski definition) is 0. The number of esters is 1. The molecule has 1 aromatic heterocycles. The summed E-state index contributed by atoms with van der Waals surface area (Å²) in [7, 11) is 0. The van der Waals surface area contributed by atoms with Crippen LogP contribution in [0.25, 0.3) is 0 Å². The first-order chi connectivity index (χ1) is 14.7. The van der Waals surface area contributed by atoms with Gasteiger partial charge in [0, 0.05) is 24.3 Å². The minimum atomic E-state index is -0.372. The maximum atomic E-state index is 12.3. The van der Waals surface area contributed by atoms with Crippen LogP contribution in [0.3, 0.4) is 0 Å². The maximum Gasteiger partial charge on any atom is 0.337 e. The summed E-state index contributed by atoms with van der Waals surface area (Å²) in [6.45, 7) is 4.42. The van der Waals surface area contributed by atoms with Crippen molar-refractivity contribution in [3.8, 4) is 5.88 Å². The van der Waals surface area contributed by atoms with Crippen LogP contribution in [0.5, 0.6) is 5.88 Å². The molecule has 1 atom stereocenters. The van der Waals surface area contributed by atoms with E-state index in [1.165, 1.54) is 49.7 Å². The molecule has 3 heteroatoms. The largest absolute Gasteiger partial charge is 0.404 e. The van der Waals surface area contributed by atoms with Crippen molar-refractivity contribution in [1.29, 1.82) is 0 Å². The third-order valence-electron chi connectivity index (χ3n) is 5.38. The number of unbranched alkanes of at least 4 members (excludes halogenated alkanes) is 6. The van der Waals surface area contributed by atoms with E-state index >= 15 is 0 Å². The molecule has 0 aliphatic carbocycles. The molecular weight excluding hydrogens is 370 g/mol. The second kappa shape index (κ2) is 14.5. The molecule has 162 valence electrons. The van der Waals surface area contributed by atoms with E-state index in [1.54, 1.807) is 12.1 Å². The van der Waals surface area contributed by atoms with Crippen LogP contribution in [0.1, 0.15) is 88.7 Å². The van der Waals surface area contributed by atoms with Crippen molar-refractivity contribution in [3.63, 3.8) is 0 Å². The second-order valence-electron chi connectivity index (χ2n) is 7.96. The number of aromatic nitrogens is 1. The predicted octanol–water partition coefficient (Wildman–Crippen LogP) is 7.42. The van der Waals surface area contributed by atoms with Crippen molar-refractivity contribution < 1.29 is 9.53 Å². The normalized spacial score (nSPS) is 12.2. The second-order valence-corrected chi connectivity index (χ2v) is 7.96. The molecule has 2 aromatic rings. The lowest BCUT2D eigenvalue weighted by Crippen LogP contribution is -2.06. The Morgan fingerprint density at radius 1 is 0.933 bits per heavy atom. The van der Waals surface area contributed by atoms with Crippen LogP contribution in [0.4, 0.5) is 0 Å². The van der Waals surface area contributed by atoms with Crippen molar-refractivity contribution in [2.24, 2.45) is 0 Å². The van der Waals surface area contributed by atoms with Gasteiger partial charge in [0.15, 0.2) is 0 Å². The molecule has 0 N–H and O–H groups in total. The van der Waals surface area contributed by atoms with E-state index in [2.05, 4.69) is 31.0 Å². The average molecular weight is 408 g/mol. The summed E-state index contributed by atoms with van der Waals surface area (Å²) >= 11 is 0. The van der Waals surface area contributed by atoms with Crippen LogP contribution in [-0.4, -0.2) is 11.0 Å². The van der Waals surface area contributed by atoms with E-state index in [4.69, 9.17) is 4.74 Å².